The summed E-state index contributed by atoms with van der Waals surface area (Å²) in [7, 11) is -2.36. The Morgan fingerprint density at radius 2 is 1.92 bits per heavy atom. The minimum atomic E-state index is -3.76. The van der Waals surface area contributed by atoms with Crippen molar-refractivity contribution in [2.45, 2.75) is 11.4 Å². The minimum Gasteiger partial charge on any atom is -0.374 e. The van der Waals surface area contributed by atoms with Gasteiger partial charge >= 0.3 is 0 Å². The zero-order chi connectivity index (χ0) is 18.9. The lowest BCUT2D eigenvalue weighted by molar-refractivity contribution is -0.384. The summed E-state index contributed by atoms with van der Waals surface area (Å²) in [5.41, 5.74) is 0.908. The van der Waals surface area contributed by atoms with Crippen LogP contribution in [0, 0.1) is 10.1 Å². The molecule has 1 aliphatic rings. The highest BCUT2D eigenvalue weighted by Gasteiger charge is 2.26. The molecule has 136 valence electrons. The molecule has 2 aromatic rings. The molecule has 26 heavy (non-hydrogen) atoms. The molecule has 0 unspecified atom stereocenters. The van der Waals surface area contributed by atoms with E-state index >= 15 is 0 Å². The van der Waals surface area contributed by atoms with Crippen molar-refractivity contribution < 1.29 is 18.1 Å². The first-order valence-electron chi connectivity index (χ1n) is 7.65. The number of nitrogens with one attached hydrogen (secondary N) is 2. The molecule has 0 fully saturated rings. The van der Waals surface area contributed by atoms with Gasteiger partial charge in [-0.1, -0.05) is 18.2 Å². The smallest absolute Gasteiger partial charge is 0.271 e. The second kappa shape index (κ2) is 6.73. The molecule has 0 atom stereocenters. The number of carbonyl (C=O) groups excluding carboxylic acids is 1. The van der Waals surface area contributed by atoms with Gasteiger partial charge in [-0.15, -0.1) is 0 Å². The van der Waals surface area contributed by atoms with Crippen molar-refractivity contribution in [1.82, 2.24) is 4.31 Å². The van der Waals surface area contributed by atoms with Crippen LogP contribution < -0.4 is 10.6 Å². The minimum absolute atomic E-state index is 0.00691. The van der Waals surface area contributed by atoms with Crippen molar-refractivity contribution in [3.63, 3.8) is 0 Å². The Bertz CT molecular complexity index is 976. The van der Waals surface area contributed by atoms with Gasteiger partial charge in [-0.2, -0.15) is 4.31 Å². The van der Waals surface area contributed by atoms with Crippen LogP contribution in [0.3, 0.4) is 0 Å². The maximum absolute atomic E-state index is 12.7. The molecule has 0 saturated carbocycles. The summed E-state index contributed by atoms with van der Waals surface area (Å²) < 4.78 is 26.5. The quantitative estimate of drug-likeness (QED) is 0.606. The number of anilines is 2. The molecule has 2 aromatic carbocycles. The number of benzene rings is 2. The van der Waals surface area contributed by atoms with Crippen molar-refractivity contribution in [3.05, 3.63) is 58.1 Å². The first kappa shape index (κ1) is 17.8. The van der Waals surface area contributed by atoms with Crippen LogP contribution in [0.5, 0.6) is 0 Å². The Labute approximate surface area is 149 Å². The van der Waals surface area contributed by atoms with E-state index in [-0.39, 0.29) is 35.3 Å². The number of nitro groups is 1. The van der Waals surface area contributed by atoms with Crippen LogP contribution in [0.25, 0.3) is 0 Å². The number of non-ortho nitro benzene ring substituents is 1. The van der Waals surface area contributed by atoms with Crippen molar-refractivity contribution in [1.29, 1.82) is 0 Å². The maximum Gasteiger partial charge on any atom is 0.271 e. The number of amides is 1. The summed E-state index contributed by atoms with van der Waals surface area (Å²) in [6.45, 7) is -0.0862. The summed E-state index contributed by atoms with van der Waals surface area (Å²) in [5, 5.41) is 16.6. The standard InChI is InChI=1S/C16H16N4O5S/c1-19(26(24,25)13-5-3-2-4-6-13)10-11-7-12(20(22)23)8-14-16(11)17-9-15(21)18-14/h2-8,17H,9-10H2,1H3,(H,18,21). The van der Waals surface area contributed by atoms with E-state index in [1.54, 1.807) is 18.2 Å². The van der Waals surface area contributed by atoms with Crippen LogP contribution in [-0.4, -0.2) is 37.1 Å². The van der Waals surface area contributed by atoms with E-state index in [2.05, 4.69) is 10.6 Å². The largest absolute Gasteiger partial charge is 0.374 e. The zero-order valence-electron chi connectivity index (χ0n) is 13.8. The predicted molar refractivity (Wildman–Crippen MR) is 95.3 cm³/mol. The summed E-state index contributed by atoms with van der Waals surface area (Å²) >= 11 is 0. The van der Waals surface area contributed by atoms with Gasteiger partial charge in [-0.25, -0.2) is 8.42 Å². The van der Waals surface area contributed by atoms with Crippen molar-refractivity contribution in [3.8, 4) is 0 Å². The topological polar surface area (TPSA) is 122 Å². The highest BCUT2D eigenvalue weighted by Crippen LogP contribution is 2.34. The molecule has 1 amide bonds. The molecule has 10 heteroatoms. The zero-order valence-corrected chi connectivity index (χ0v) is 14.6. The number of sulfonamides is 1. The molecule has 1 heterocycles. The fourth-order valence-corrected chi connectivity index (χ4v) is 3.85. The molecule has 3 rings (SSSR count). The van der Waals surface area contributed by atoms with E-state index in [1.807, 2.05) is 0 Å². The summed E-state index contributed by atoms with van der Waals surface area (Å²) in [6.07, 6.45) is 0. The molecule has 0 aliphatic carbocycles. The number of nitrogens with zero attached hydrogens (tertiary/aromatic N) is 2. The highest BCUT2D eigenvalue weighted by atomic mass is 32.2. The average Bonchev–Trinajstić information content (AvgIpc) is 2.61. The predicted octanol–water partition coefficient (Wildman–Crippen LogP) is 1.78. The van der Waals surface area contributed by atoms with E-state index in [9.17, 15) is 23.3 Å². The first-order chi connectivity index (χ1) is 12.3. The lowest BCUT2D eigenvalue weighted by Crippen LogP contribution is -2.30. The number of nitro benzene ring substituents is 1. The van der Waals surface area contributed by atoms with Crippen molar-refractivity contribution >= 4 is 33.0 Å². The Morgan fingerprint density at radius 1 is 1.23 bits per heavy atom. The Balaban J connectivity index is 1.99. The Morgan fingerprint density at radius 3 is 2.58 bits per heavy atom. The van der Waals surface area contributed by atoms with E-state index < -0.39 is 14.9 Å². The Kier molecular flexibility index (Phi) is 4.62. The third kappa shape index (κ3) is 3.37. The molecule has 0 radical (unpaired) electrons. The van der Waals surface area contributed by atoms with Gasteiger partial charge in [-0.3, -0.25) is 14.9 Å². The van der Waals surface area contributed by atoms with Gasteiger partial charge in [0.2, 0.25) is 15.9 Å². The molecule has 2 N–H and O–H groups in total. The highest BCUT2D eigenvalue weighted by molar-refractivity contribution is 7.89. The first-order valence-corrected chi connectivity index (χ1v) is 9.09. The molecular formula is C16H16N4O5S. The van der Waals surface area contributed by atoms with E-state index in [0.717, 1.165) is 4.31 Å². The maximum atomic E-state index is 12.7. The molecule has 1 aliphatic heterocycles. The normalized spacial score (nSPS) is 13.7. The molecule has 9 nitrogen and oxygen atoms in total. The van der Waals surface area contributed by atoms with E-state index in [1.165, 1.54) is 31.3 Å². The van der Waals surface area contributed by atoms with Gasteiger partial charge in [0.1, 0.15) is 0 Å². The van der Waals surface area contributed by atoms with Crippen LogP contribution in [0.2, 0.25) is 0 Å². The van der Waals surface area contributed by atoms with Crippen molar-refractivity contribution in [2.75, 3.05) is 24.2 Å². The summed E-state index contributed by atoms with van der Waals surface area (Å²) in [6, 6.07) is 10.5. The molecular weight excluding hydrogens is 360 g/mol. The molecule has 0 spiro atoms. The summed E-state index contributed by atoms with van der Waals surface area (Å²) in [4.78, 5) is 22.2. The molecule has 0 aromatic heterocycles. The molecule has 0 saturated heterocycles. The van der Waals surface area contributed by atoms with Gasteiger partial charge in [0.25, 0.3) is 5.69 Å². The number of rotatable bonds is 5. The van der Waals surface area contributed by atoms with E-state index in [0.29, 0.717) is 11.3 Å². The SMILES string of the molecule is CN(Cc1cc([N+](=O)[O-])cc2c1NCC(=O)N2)S(=O)(=O)c1ccccc1. The monoisotopic (exact) mass is 376 g/mol. The van der Waals surface area contributed by atoms with Gasteiger partial charge < -0.3 is 10.6 Å². The van der Waals surface area contributed by atoms with Crippen LogP contribution >= 0.6 is 0 Å². The Hall–Kier alpha value is -2.98. The van der Waals surface area contributed by atoms with Crippen LogP contribution in [0.4, 0.5) is 17.1 Å². The second-order valence-corrected chi connectivity index (χ2v) is 7.81. The number of hydrogen-bond acceptors (Lipinski definition) is 6. The third-order valence-corrected chi connectivity index (χ3v) is 5.78. The lowest BCUT2D eigenvalue weighted by atomic mass is 10.1. The van der Waals surface area contributed by atoms with Gasteiger partial charge in [0, 0.05) is 25.7 Å². The molecule has 0 bridgehead atoms. The fraction of sp³-hybridized carbons (Fsp3) is 0.188. The number of hydrogen-bond donors (Lipinski definition) is 2. The average molecular weight is 376 g/mol. The van der Waals surface area contributed by atoms with E-state index in [4.69, 9.17) is 0 Å². The number of carbonyl (C=O) groups is 1. The number of fused-ring (bicyclic) bond motifs is 1. The van der Waals surface area contributed by atoms with Crippen molar-refractivity contribution in [2.24, 2.45) is 0 Å². The lowest BCUT2D eigenvalue weighted by Gasteiger charge is -2.24. The summed E-state index contributed by atoms with van der Waals surface area (Å²) in [5.74, 6) is -0.325. The van der Waals surface area contributed by atoms with Crippen LogP contribution in [-0.2, 0) is 21.4 Å². The van der Waals surface area contributed by atoms with Gasteiger partial charge in [0.05, 0.1) is 27.7 Å². The third-order valence-electron chi connectivity index (χ3n) is 3.96. The van der Waals surface area contributed by atoms with Crippen LogP contribution in [0.15, 0.2) is 47.4 Å². The fourth-order valence-electron chi connectivity index (χ4n) is 2.68. The van der Waals surface area contributed by atoms with Gasteiger partial charge in [-0.05, 0) is 17.7 Å². The second-order valence-electron chi connectivity index (χ2n) is 5.76. The van der Waals surface area contributed by atoms with Gasteiger partial charge in [0.15, 0.2) is 0 Å². The van der Waals surface area contributed by atoms with Crippen LogP contribution in [0.1, 0.15) is 5.56 Å².